The monoisotopic (exact) mass is 307 g/mol. The van der Waals surface area contributed by atoms with Gasteiger partial charge in [-0.3, -0.25) is 4.79 Å². The number of ether oxygens (including phenoxy) is 1. The summed E-state index contributed by atoms with van der Waals surface area (Å²) in [5.41, 5.74) is 0.459. The van der Waals surface area contributed by atoms with Crippen LogP contribution in [0.1, 0.15) is 23.2 Å². The number of anilines is 1. The molecule has 0 bridgehead atoms. The smallest absolute Gasteiger partial charge is 0.375 e. The maximum atomic E-state index is 12.0. The van der Waals surface area contributed by atoms with Gasteiger partial charge in [-0.1, -0.05) is 23.7 Å². The number of benzene rings is 1. The minimum absolute atomic E-state index is 0.0601. The molecule has 2 rings (SSSR count). The van der Waals surface area contributed by atoms with Crippen LogP contribution in [0, 0.1) is 6.92 Å². The molecular formula is C15H14ClNO4. The number of furan rings is 1. The van der Waals surface area contributed by atoms with Crippen LogP contribution in [0.3, 0.4) is 0 Å². The van der Waals surface area contributed by atoms with E-state index in [9.17, 15) is 9.59 Å². The standard InChI is InChI=1S/C15H14ClNO4/c1-9-7-8-13(20-9)15(19)21-10(2)14(18)17-12-6-4-3-5-11(12)16/h3-8,10H,1-2H3,(H,17,18). The average Bonchev–Trinajstić information content (AvgIpc) is 2.88. The number of carbonyl (C=O) groups is 2. The zero-order valence-electron chi connectivity index (χ0n) is 11.6. The molecule has 0 aliphatic carbocycles. The van der Waals surface area contributed by atoms with Gasteiger partial charge < -0.3 is 14.5 Å². The van der Waals surface area contributed by atoms with Gasteiger partial charge in [0.2, 0.25) is 5.76 Å². The van der Waals surface area contributed by atoms with Crippen LogP contribution < -0.4 is 5.32 Å². The molecule has 1 amide bonds. The van der Waals surface area contributed by atoms with E-state index in [0.717, 1.165) is 0 Å². The van der Waals surface area contributed by atoms with Gasteiger partial charge in [-0.25, -0.2) is 4.79 Å². The molecule has 0 aliphatic heterocycles. The highest BCUT2D eigenvalue weighted by atomic mass is 35.5. The quantitative estimate of drug-likeness (QED) is 0.879. The third-order valence-corrected chi connectivity index (χ3v) is 3.06. The fourth-order valence-electron chi connectivity index (χ4n) is 1.61. The number of nitrogens with one attached hydrogen (secondary N) is 1. The van der Waals surface area contributed by atoms with Crippen molar-refractivity contribution >= 4 is 29.2 Å². The number of aryl methyl sites for hydroxylation is 1. The molecule has 1 atom stereocenters. The number of carbonyl (C=O) groups excluding carboxylic acids is 2. The molecule has 0 saturated heterocycles. The normalized spacial score (nSPS) is 11.8. The molecule has 5 nitrogen and oxygen atoms in total. The molecule has 1 aromatic carbocycles. The highest BCUT2D eigenvalue weighted by Crippen LogP contribution is 2.20. The molecule has 2 aromatic rings. The Morgan fingerprint density at radius 1 is 1.24 bits per heavy atom. The first-order valence-electron chi connectivity index (χ1n) is 6.30. The van der Waals surface area contributed by atoms with Crippen LogP contribution in [-0.4, -0.2) is 18.0 Å². The van der Waals surface area contributed by atoms with Crippen molar-refractivity contribution in [3.05, 3.63) is 52.9 Å². The van der Waals surface area contributed by atoms with Crippen molar-refractivity contribution in [2.75, 3.05) is 5.32 Å². The van der Waals surface area contributed by atoms with Crippen molar-refractivity contribution in [1.29, 1.82) is 0 Å². The number of hydrogen-bond acceptors (Lipinski definition) is 4. The maximum Gasteiger partial charge on any atom is 0.375 e. The second-order valence-corrected chi connectivity index (χ2v) is 4.83. The summed E-state index contributed by atoms with van der Waals surface area (Å²) in [6.45, 7) is 3.18. The summed E-state index contributed by atoms with van der Waals surface area (Å²) in [5, 5.41) is 3.00. The molecule has 0 radical (unpaired) electrons. The molecule has 1 aromatic heterocycles. The molecule has 110 valence electrons. The summed E-state index contributed by atoms with van der Waals surface area (Å²) >= 11 is 5.94. The average molecular weight is 308 g/mol. The largest absolute Gasteiger partial charge is 0.454 e. The van der Waals surface area contributed by atoms with Crippen LogP contribution in [0.25, 0.3) is 0 Å². The van der Waals surface area contributed by atoms with Gasteiger partial charge in [0.1, 0.15) is 5.76 Å². The van der Waals surface area contributed by atoms with Crippen molar-refractivity contribution in [3.63, 3.8) is 0 Å². The first kappa shape index (κ1) is 15.1. The number of para-hydroxylation sites is 1. The molecule has 1 heterocycles. The Hall–Kier alpha value is -2.27. The predicted molar refractivity (Wildman–Crippen MR) is 78.4 cm³/mol. The van der Waals surface area contributed by atoms with Crippen LogP contribution in [0.2, 0.25) is 5.02 Å². The van der Waals surface area contributed by atoms with Crippen molar-refractivity contribution in [2.45, 2.75) is 20.0 Å². The van der Waals surface area contributed by atoms with Crippen molar-refractivity contribution in [3.8, 4) is 0 Å². The van der Waals surface area contributed by atoms with E-state index in [4.69, 9.17) is 20.8 Å². The Bertz CT molecular complexity index is 665. The molecule has 21 heavy (non-hydrogen) atoms. The zero-order chi connectivity index (χ0) is 15.4. The Labute approximate surface area is 126 Å². The van der Waals surface area contributed by atoms with Gasteiger partial charge in [0.05, 0.1) is 10.7 Å². The molecule has 1 unspecified atom stereocenters. The number of hydrogen-bond donors (Lipinski definition) is 1. The predicted octanol–water partition coefficient (Wildman–Crippen LogP) is 3.43. The van der Waals surface area contributed by atoms with Gasteiger partial charge in [-0.2, -0.15) is 0 Å². The van der Waals surface area contributed by atoms with Crippen LogP contribution in [0.4, 0.5) is 5.69 Å². The Morgan fingerprint density at radius 3 is 2.57 bits per heavy atom. The summed E-state index contributed by atoms with van der Waals surface area (Å²) in [7, 11) is 0. The van der Waals surface area contributed by atoms with Gasteiger partial charge in [-0.05, 0) is 38.1 Å². The highest BCUT2D eigenvalue weighted by Gasteiger charge is 2.21. The molecule has 0 fully saturated rings. The van der Waals surface area contributed by atoms with Crippen LogP contribution in [-0.2, 0) is 9.53 Å². The highest BCUT2D eigenvalue weighted by molar-refractivity contribution is 6.33. The molecule has 0 saturated carbocycles. The second kappa shape index (κ2) is 6.45. The molecule has 0 aliphatic rings. The first-order chi connectivity index (χ1) is 9.97. The van der Waals surface area contributed by atoms with Crippen molar-refractivity contribution in [1.82, 2.24) is 0 Å². The number of halogens is 1. The van der Waals surface area contributed by atoms with E-state index in [0.29, 0.717) is 16.5 Å². The van der Waals surface area contributed by atoms with E-state index in [1.165, 1.54) is 13.0 Å². The summed E-state index contributed by atoms with van der Waals surface area (Å²) in [6, 6.07) is 9.94. The third kappa shape index (κ3) is 3.86. The SMILES string of the molecule is Cc1ccc(C(=O)OC(C)C(=O)Nc2ccccc2Cl)o1. The number of esters is 1. The fraction of sp³-hybridized carbons (Fsp3) is 0.200. The van der Waals surface area contributed by atoms with Gasteiger partial charge in [0.15, 0.2) is 6.10 Å². The number of amides is 1. The molecule has 6 heteroatoms. The molecular weight excluding hydrogens is 294 g/mol. The molecule has 1 N–H and O–H groups in total. The third-order valence-electron chi connectivity index (χ3n) is 2.73. The first-order valence-corrected chi connectivity index (χ1v) is 6.68. The molecule has 0 spiro atoms. The van der Waals surface area contributed by atoms with E-state index < -0.39 is 18.0 Å². The summed E-state index contributed by atoms with van der Waals surface area (Å²) in [5.74, 6) is -0.510. The topological polar surface area (TPSA) is 68.5 Å². The number of rotatable bonds is 4. The van der Waals surface area contributed by atoms with E-state index in [1.807, 2.05) is 0 Å². The minimum Gasteiger partial charge on any atom is -0.454 e. The summed E-state index contributed by atoms with van der Waals surface area (Å²) in [6.07, 6.45) is -0.973. The lowest BCUT2D eigenvalue weighted by atomic mass is 10.3. The maximum absolute atomic E-state index is 12.0. The van der Waals surface area contributed by atoms with Gasteiger partial charge >= 0.3 is 5.97 Å². The van der Waals surface area contributed by atoms with E-state index in [1.54, 1.807) is 37.3 Å². The second-order valence-electron chi connectivity index (χ2n) is 4.43. The van der Waals surface area contributed by atoms with E-state index in [-0.39, 0.29) is 5.76 Å². The van der Waals surface area contributed by atoms with E-state index in [2.05, 4.69) is 5.32 Å². The van der Waals surface area contributed by atoms with E-state index >= 15 is 0 Å². The van der Waals surface area contributed by atoms with Gasteiger partial charge in [-0.15, -0.1) is 0 Å². The van der Waals surface area contributed by atoms with Crippen molar-refractivity contribution in [2.24, 2.45) is 0 Å². The Balaban J connectivity index is 1.97. The lowest BCUT2D eigenvalue weighted by Gasteiger charge is -2.13. The lowest BCUT2D eigenvalue weighted by molar-refractivity contribution is -0.123. The Morgan fingerprint density at radius 2 is 1.95 bits per heavy atom. The zero-order valence-corrected chi connectivity index (χ0v) is 12.3. The van der Waals surface area contributed by atoms with Crippen LogP contribution in [0.5, 0.6) is 0 Å². The summed E-state index contributed by atoms with van der Waals surface area (Å²) < 4.78 is 10.2. The van der Waals surface area contributed by atoms with Crippen LogP contribution >= 0.6 is 11.6 Å². The minimum atomic E-state index is -0.973. The van der Waals surface area contributed by atoms with Gasteiger partial charge in [0, 0.05) is 0 Å². The van der Waals surface area contributed by atoms with Gasteiger partial charge in [0.25, 0.3) is 5.91 Å². The van der Waals surface area contributed by atoms with Crippen molar-refractivity contribution < 1.29 is 18.7 Å². The lowest BCUT2D eigenvalue weighted by Crippen LogP contribution is -2.30. The Kier molecular flexibility index (Phi) is 4.65. The van der Waals surface area contributed by atoms with Crippen LogP contribution in [0.15, 0.2) is 40.8 Å². The fourth-order valence-corrected chi connectivity index (χ4v) is 1.80. The summed E-state index contributed by atoms with van der Waals surface area (Å²) in [4.78, 5) is 23.7.